The Balaban J connectivity index is 1.71. The van der Waals surface area contributed by atoms with Crippen molar-refractivity contribution in [1.29, 1.82) is 0 Å². The molecule has 0 saturated heterocycles. The summed E-state index contributed by atoms with van der Waals surface area (Å²) >= 11 is 15.0. The number of fused-ring (bicyclic) bond motifs is 1. The fourth-order valence-corrected chi connectivity index (χ4v) is 4.42. The van der Waals surface area contributed by atoms with Crippen molar-refractivity contribution in [2.75, 3.05) is 5.32 Å². The Morgan fingerprint density at radius 2 is 1.77 bits per heavy atom. The first kappa shape index (κ1) is 21.2. The number of amides is 1. The molecule has 1 aromatic heterocycles. The Labute approximate surface area is 192 Å². The summed E-state index contributed by atoms with van der Waals surface area (Å²) < 4.78 is 6.87. The van der Waals surface area contributed by atoms with Crippen LogP contribution in [0.25, 0.3) is 11.0 Å². The predicted octanol–water partition coefficient (Wildman–Crippen LogP) is 6.96. The van der Waals surface area contributed by atoms with Gasteiger partial charge in [-0.05, 0) is 53.8 Å². The van der Waals surface area contributed by atoms with Crippen LogP contribution in [0, 0.1) is 17.3 Å². The maximum absolute atomic E-state index is 13.1. The van der Waals surface area contributed by atoms with Crippen LogP contribution in [-0.4, -0.2) is 11.7 Å². The quantitative estimate of drug-likeness (QED) is 0.380. The van der Waals surface area contributed by atoms with Crippen molar-refractivity contribution in [3.8, 4) is 0 Å². The molecule has 1 amide bonds. The van der Waals surface area contributed by atoms with E-state index in [-0.39, 0.29) is 39.2 Å². The molecular weight excluding hydrogens is 489 g/mol. The van der Waals surface area contributed by atoms with Crippen molar-refractivity contribution in [3.05, 3.63) is 74.9 Å². The van der Waals surface area contributed by atoms with E-state index >= 15 is 0 Å². The Hall–Kier alpha value is -2.08. The van der Waals surface area contributed by atoms with E-state index in [1.54, 1.807) is 36.4 Å². The van der Waals surface area contributed by atoms with Crippen molar-refractivity contribution >= 4 is 67.5 Å². The third kappa shape index (κ3) is 3.82. The number of para-hydroxylation sites is 1. The van der Waals surface area contributed by atoms with E-state index < -0.39 is 0 Å². The van der Waals surface area contributed by atoms with Gasteiger partial charge >= 0.3 is 0 Å². The molecule has 4 nitrogen and oxygen atoms in total. The Morgan fingerprint density at radius 3 is 2.43 bits per heavy atom. The zero-order chi connectivity index (χ0) is 21.6. The van der Waals surface area contributed by atoms with E-state index in [0.717, 1.165) is 4.47 Å². The minimum atomic E-state index is -0.311. The van der Waals surface area contributed by atoms with Crippen molar-refractivity contribution in [2.45, 2.75) is 13.8 Å². The van der Waals surface area contributed by atoms with Crippen LogP contribution < -0.4 is 5.32 Å². The highest BCUT2D eigenvalue weighted by Crippen LogP contribution is 2.60. The van der Waals surface area contributed by atoms with Crippen molar-refractivity contribution in [3.63, 3.8) is 0 Å². The summed E-state index contributed by atoms with van der Waals surface area (Å²) in [7, 11) is 0. The first-order valence-electron chi connectivity index (χ1n) is 9.35. The molecule has 7 heteroatoms. The number of carbonyl (C=O) groups is 2. The Bertz CT molecular complexity index is 1180. The molecule has 0 spiro atoms. The topological polar surface area (TPSA) is 59.3 Å². The second-order valence-corrected chi connectivity index (χ2v) is 9.83. The van der Waals surface area contributed by atoms with Crippen LogP contribution in [0.2, 0.25) is 0 Å². The number of anilines is 1. The van der Waals surface area contributed by atoms with Gasteiger partial charge in [0.15, 0.2) is 5.76 Å². The largest absolute Gasteiger partial charge is 0.450 e. The summed E-state index contributed by atoms with van der Waals surface area (Å²) in [5.41, 5.74) is 1.10. The lowest BCUT2D eigenvalue weighted by molar-refractivity contribution is -0.118. The molecule has 3 aromatic rings. The van der Waals surface area contributed by atoms with Crippen LogP contribution in [0.3, 0.4) is 0 Å². The van der Waals surface area contributed by atoms with E-state index in [4.69, 9.17) is 27.6 Å². The fourth-order valence-electron chi connectivity index (χ4n) is 3.89. The third-order valence-electron chi connectivity index (χ3n) is 5.66. The van der Waals surface area contributed by atoms with Crippen molar-refractivity contribution in [2.24, 2.45) is 17.3 Å². The standard InChI is InChI=1S/C23H18BrCl2NO3/c1-23(2)15(11-17(25)26)18(23)22(29)27-19-14-5-3-4-6-16(14)30-21(19)20(28)12-7-9-13(24)10-8-12/h3-11,15,18H,1-2H3,(H,27,29). The number of furan rings is 1. The lowest BCUT2D eigenvalue weighted by atomic mass is 10.1. The lowest BCUT2D eigenvalue weighted by Gasteiger charge is -2.07. The Morgan fingerprint density at radius 1 is 1.10 bits per heavy atom. The van der Waals surface area contributed by atoms with E-state index in [0.29, 0.717) is 22.2 Å². The van der Waals surface area contributed by atoms with Crippen LogP contribution in [0.1, 0.15) is 30.0 Å². The molecule has 1 aliphatic rings. The molecule has 1 saturated carbocycles. The molecule has 2 unspecified atom stereocenters. The van der Waals surface area contributed by atoms with Gasteiger partial charge in [0.25, 0.3) is 0 Å². The molecule has 154 valence electrons. The highest BCUT2D eigenvalue weighted by molar-refractivity contribution is 9.10. The monoisotopic (exact) mass is 505 g/mol. The maximum Gasteiger partial charge on any atom is 0.230 e. The molecule has 4 rings (SSSR count). The minimum Gasteiger partial charge on any atom is -0.450 e. The molecule has 30 heavy (non-hydrogen) atoms. The number of carbonyl (C=O) groups excluding carboxylic acids is 2. The van der Waals surface area contributed by atoms with Gasteiger partial charge in [0.2, 0.25) is 11.7 Å². The average Bonchev–Trinajstić information content (AvgIpc) is 3.05. The van der Waals surface area contributed by atoms with Gasteiger partial charge in [0.1, 0.15) is 10.1 Å². The van der Waals surface area contributed by atoms with E-state index in [1.165, 1.54) is 0 Å². The fraction of sp³-hybridized carbons (Fsp3) is 0.217. The molecular formula is C23H18BrCl2NO3. The summed E-state index contributed by atoms with van der Waals surface area (Å²) in [5, 5.41) is 3.61. The van der Waals surface area contributed by atoms with Crippen LogP contribution in [0.15, 0.2) is 68.0 Å². The van der Waals surface area contributed by atoms with Crippen LogP contribution >= 0.6 is 39.1 Å². The van der Waals surface area contributed by atoms with Gasteiger partial charge in [0.05, 0.1) is 11.6 Å². The van der Waals surface area contributed by atoms with Gasteiger partial charge in [0, 0.05) is 15.4 Å². The second kappa shape index (κ2) is 7.88. The van der Waals surface area contributed by atoms with Gasteiger partial charge in [-0.3, -0.25) is 9.59 Å². The highest BCUT2D eigenvalue weighted by atomic mass is 79.9. The summed E-state index contributed by atoms with van der Waals surface area (Å²) in [6, 6.07) is 14.2. The number of halogens is 3. The smallest absolute Gasteiger partial charge is 0.230 e. The third-order valence-corrected chi connectivity index (χ3v) is 6.44. The summed E-state index contributed by atoms with van der Waals surface area (Å²) in [6.07, 6.45) is 1.69. The minimum absolute atomic E-state index is 0.0775. The zero-order valence-corrected chi connectivity index (χ0v) is 19.3. The molecule has 2 atom stereocenters. The number of nitrogens with one attached hydrogen (secondary N) is 1. The predicted molar refractivity (Wildman–Crippen MR) is 123 cm³/mol. The Kier molecular flexibility index (Phi) is 5.56. The molecule has 0 radical (unpaired) electrons. The van der Waals surface area contributed by atoms with Crippen LogP contribution in [-0.2, 0) is 4.79 Å². The van der Waals surface area contributed by atoms with Gasteiger partial charge in [-0.15, -0.1) is 0 Å². The maximum atomic E-state index is 13.1. The molecule has 1 aliphatic carbocycles. The second-order valence-electron chi connectivity index (χ2n) is 7.91. The summed E-state index contributed by atoms with van der Waals surface area (Å²) in [6.45, 7) is 3.97. The number of rotatable bonds is 5. The van der Waals surface area contributed by atoms with Crippen molar-refractivity contribution in [1.82, 2.24) is 0 Å². The summed E-state index contributed by atoms with van der Waals surface area (Å²) in [4.78, 5) is 26.2. The van der Waals surface area contributed by atoms with Gasteiger partial charge < -0.3 is 9.73 Å². The first-order chi connectivity index (χ1) is 14.2. The first-order valence-corrected chi connectivity index (χ1v) is 10.9. The average molecular weight is 507 g/mol. The number of allylic oxidation sites excluding steroid dienone is 1. The van der Waals surface area contributed by atoms with Gasteiger partial charge in [-0.25, -0.2) is 0 Å². The van der Waals surface area contributed by atoms with Gasteiger partial charge in [-0.1, -0.05) is 65.1 Å². The van der Waals surface area contributed by atoms with E-state index in [9.17, 15) is 9.59 Å². The molecule has 1 heterocycles. The SMILES string of the molecule is CC1(C)C(C=C(Cl)Cl)C1C(=O)Nc1c(C(=O)c2ccc(Br)cc2)oc2ccccc12. The zero-order valence-electron chi connectivity index (χ0n) is 16.2. The molecule has 0 aliphatic heterocycles. The van der Waals surface area contributed by atoms with Crippen LogP contribution in [0.5, 0.6) is 0 Å². The van der Waals surface area contributed by atoms with E-state index in [1.807, 2.05) is 32.0 Å². The van der Waals surface area contributed by atoms with Crippen molar-refractivity contribution < 1.29 is 14.0 Å². The molecule has 1 N–H and O–H groups in total. The number of benzene rings is 2. The van der Waals surface area contributed by atoms with Crippen LogP contribution in [0.4, 0.5) is 5.69 Å². The number of ketones is 1. The molecule has 2 aromatic carbocycles. The highest BCUT2D eigenvalue weighted by Gasteiger charge is 2.60. The van der Waals surface area contributed by atoms with E-state index in [2.05, 4.69) is 21.2 Å². The molecule has 1 fully saturated rings. The lowest BCUT2D eigenvalue weighted by Crippen LogP contribution is -2.18. The summed E-state index contributed by atoms with van der Waals surface area (Å²) in [5.74, 6) is -0.787. The van der Waals surface area contributed by atoms with Gasteiger partial charge in [-0.2, -0.15) is 0 Å². The number of hydrogen-bond donors (Lipinski definition) is 1. The molecule has 0 bridgehead atoms. The number of hydrogen-bond acceptors (Lipinski definition) is 3. The normalized spacial score (nSPS) is 19.4.